The first-order chi connectivity index (χ1) is 9.70. The lowest BCUT2D eigenvalue weighted by Gasteiger charge is -2.26. The average Bonchev–Trinajstić information content (AvgIpc) is 2.46. The summed E-state index contributed by atoms with van der Waals surface area (Å²) in [6, 6.07) is 15.5. The van der Waals surface area contributed by atoms with Crippen molar-refractivity contribution in [3.63, 3.8) is 0 Å². The molecule has 0 aliphatic carbocycles. The summed E-state index contributed by atoms with van der Waals surface area (Å²) in [5, 5.41) is 0. The first-order valence-electron chi connectivity index (χ1n) is 6.97. The molecular weight excluding hydrogens is 260 g/mol. The van der Waals surface area contributed by atoms with E-state index in [4.69, 9.17) is 0 Å². The predicted molar refractivity (Wildman–Crippen MR) is 86.6 cm³/mol. The molecule has 0 N–H and O–H groups in total. The van der Waals surface area contributed by atoms with Crippen LogP contribution in [-0.4, -0.2) is 0 Å². The molecule has 2 aromatic rings. The van der Waals surface area contributed by atoms with Gasteiger partial charge in [-0.05, 0) is 40.8 Å². The van der Waals surface area contributed by atoms with Crippen molar-refractivity contribution in [2.75, 3.05) is 0 Å². The van der Waals surface area contributed by atoms with Crippen molar-refractivity contribution in [2.24, 2.45) is 0 Å². The van der Waals surface area contributed by atoms with Crippen LogP contribution in [0, 0.1) is 0 Å². The number of benzene rings is 2. The second kappa shape index (κ2) is 5.36. The summed E-state index contributed by atoms with van der Waals surface area (Å²) in [7, 11) is 0. The van der Waals surface area contributed by atoms with Gasteiger partial charge in [-0.3, -0.25) is 0 Å². The minimum atomic E-state index is 0.277. The van der Waals surface area contributed by atoms with Gasteiger partial charge in [0.25, 0.3) is 0 Å². The Labute approximate surface area is 125 Å². The van der Waals surface area contributed by atoms with Gasteiger partial charge in [-0.2, -0.15) is 0 Å². The fourth-order valence-corrected chi connectivity index (χ4v) is 3.81. The van der Waals surface area contributed by atoms with Crippen LogP contribution in [0.4, 0.5) is 0 Å². The molecular formula is C19H18S. The first-order valence-corrected chi connectivity index (χ1v) is 7.79. The van der Waals surface area contributed by atoms with Crippen LogP contribution in [0.25, 0.3) is 0 Å². The molecule has 20 heavy (non-hydrogen) atoms. The maximum atomic E-state index is 3.77. The van der Waals surface area contributed by atoms with Gasteiger partial charge in [0, 0.05) is 15.7 Å². The van der Waals surface area contributed by atoms with E-state index < -0.39 is 0 Å². The van der Waals surface area contributed by atoms with Gasteiger partial charge < -0.3 is 0 Å². The molecule has 0 spiro atoms. The zero-order valence-electron chi connectivity index (χ0n) is 11.9. The van der Waals surface area contributed by atoms with Crippen LogP contribution >= 0.6 is 11.8 Å². The highest BCUT2D eigenvalue weighted by molar-refractivity contribution is 7.99. The summed E-state index contributed by atoms with van der Waals surface area (Å²) in [6.07, 6.45) is 2.08. The highest BCUT2D eigenvalue weighted by atomic mass is 32.2. The lowest BCUT2D eigenvalue weighted by Crippen LogP contribution is -2.07. The van der Waals surface area contributed by atoms with Gasteiger partial charge in [0.05, 0.1) is 0 Å². The molecule has 3 rings (SSSR count). The Bertz CT molecular complexity index is 691. The molecule has 0 fully saturated rings. The number of allylic oxidation sites excluding steroid dienone is 1. The van der Waals surface area contributed by atoms with Crippen LogP contribution in [-0.2, 0) is 0 Å². The molecule has 2 aromatic carbocycles. The summed E-state index contributed by atoms with van der Waals surface area (Å²) in [6.45, 7) is 8.25. The Morgan fingerprint density at radius 2 is 1.85 bits per heavy atom. The van der Waals surface area contributed by atoms with E-state index in [1.54, 1.807) is 0 Å². The van der Waals surface area contributed by atoms with Crippen LogP contribution < -0.4 is 0 Å². The maximum absolute atomic E-state index is 3.77. The molecule has 0 bridgehead atoms. The molecule has 0 amide bonds. The van der Waals surface area contributed by atoms with Gasteiger partial charge in [0.15, 0.2) is 0 Å². The number of hydrogen-bond donors (Lipinski definition) is 0. The van der Waals surface area contributed by atoms with E-state index in [0.717, 1.165) is 0 Å². The molecule has 0 radical (unpaired) electrons. The highest BCUT2D eigenvalue weighted by Crippen LogP contribution is 2.46. The minimum Gasteiger partial charge on any atom is -0.132 e. The summed E-state index contributed by atoms with van der Waals surface area (Å²) in [5.41, 5.74) is 7.13. The lowest BCUT2D eigenvalue weighted by molar-refractivity contribution is 0.848. The van der Waals surface area contributed by atoms with Crippen molar-refractivity contribution in [3.05, 3.63) is 77.5 Å². The quantitative estimate of drug-likeness (QED) is 0.630. The molecule has 1 aliphatic rings. The van der Waals surface area contributed by atoms with Crippen molar-refractivity contribution in [1.29, 1.82) is 0 Å². The van der Waals surface area contributed by atoms with Gasteiger partial charge in [-0.1, -0.05) is 62.5 Å². The zero-order chi connectivity index (χ0) is 14.1. The SMILES string of the molecule is C=C=CC1c2ccccc2Sc2ccc(C(C)C)cc21. The Morgan fingerprint density at radius 3 is 2.60 bits per heavy atom. The van der Waals surface area contributed by atoms with E-state index in [1.165, 1.54) is 26.5 Å². The van der Waals surface area contributed by atoms with Crippen molar-refractivity contribution >= 4 is 11.8 Å². The number of rotatable bonds is 2. The summed E-state index contributed by atoms with van der Waals surface area (Å²) in [4.78, 5) is 2.69. The Balaban J connectivity index is 2.19. The smallest absolute Gasteiger partial charge is 0.0366 e. The Kier molecular flexibility index (Phi) is 3.56. The van der Waals surface area contributed by atoms with Gasteiger partial charge in [-0.15, -0.1) is 5.73 Å². The fourth-order valence-electron chi connectivity index (χ4n) is 2.68. The van der Waals surface area contributed by atoms with Crippen LogP contribution in [0.15, 0.2) is 70.6 Å². The molecule has 0 saturated heterocycles. The first kappa shape index (κ1) is 13.3. The molecule has 1 heteroatoms. The van der Waals surface area contributed by atoms with Gasteiger partial charge in [0.2, 0.25) is 0 Å². The monoisotopic (exact) mass is 278 g/mol. The Morgan fingerprint density at radius 1 is 1.10 bits per heavy atom. The van der Waals surface area contributed by atoms with Gasteiger partial charge >= 0.3 is 0 Å². The van der Waals surface area contributed by atoms with Crippen molar-refractivity contribution < 1.29 is 0 Å². The van der Waals surface area contributed by atoms with Crippen molar-refractivity contribution in [1.82, 2.24) is 0 Å². The molecule has 0 aromatic heterocycles. The Hall–Kier alpha value is -1.69. The summed E-state index contributed by atoms with van der Waals surface area (Å²) >= 11 is 1.86. The standard InChI is InChI=1S/C19H18S/c1-4-7-15-16-8-5-6-9-18(16)20-19-11-10-14(13(2)3)12-17(15)19/h5-13,15H,1H2,2-3H3. The van der Waals surface area contributed by atoms with Crippen LogP contribution in [0.3, 0.4) is 0 Å². The van der Waals surface area contributed by atoms with E-state index in [9.17, 15) is 0 Å². The predicted octanol–water partition coefficient (Wildman–Crippen LogP) is 5.75. The van der Waals surface area contributed by atoms with Crippen LogP contribution in [0.2, 0.25) is 0 Å². The maximum Gasteiger partial charge on any atom is 0.0366 e. The van der Waals surface area contributed by atoms with Gasteiger partial charge in [-0.25, -0.2) is 0 Å². The molecule has 0 nitrogen and oxygen atoms in total. The topological polar surface area (TPSA) is 0 Å². The van der Waals surface area contributed by atoms with Crippen molar-refractivity contribution in [3.8, 4) is 0 Å². The van der Waals surface area contributed by atoms with Gasteiger partial charge in [0.1, 0.15) is 0 Å². The third-order valence-electron chi connectivity index (χ3n) is 3.79. The largest absolute Gasteiger partial charge is 0.132 e. The third-order valence-corrected chi connectivity index (χ3v) is 4.98. The fraction of sp³-hybridized carbons (Fsp3) is 0.211. The number of hydrogen-bond acceptors (Lipinski definition) is 1. The molecule has 0 saturated carbocycles. The summed E-state index contributed by atoms with van der Waals surface area (Å²) < 4.78 is 0. The normalized spacial score (nSPS) is 16.2. The molecule has 1 heterocycles. The second-order valence-electron chi connectivity index (χ2n) is 5.44. The van der Waals surface area contributed by atoms with Crippen LogP contribution in [0.5, 0.6) is 0 Å². The third kappa shape index (κ3) is 2.24. The lowest BCUT2D eigenvalue weighted by atomic mass is 9.88. The molecule has 100 valence electrons. The van der Waals surface area contributed by atoms with Crippen molar-refractivity contribution in [2.45, 2.75) is 35.5 Å². The summed E-state index contributed by atoms with van der Waals surface area (Å²) in [5.74, 6) is 0.828. The minimum absolute atomic E-state index is 0.277. The van der Waals surface area contributed by atoms with Crippen LogP contribution in [0.1, 0.15) is 42.4 Å². The van der Waals surface area contributed by atoms with E-state index in [1.807, 2.05) is 11.8 Å². The van der Waals surface area contributed by atoms with E-state index >= 15 is 0 Å². The zero-order valence-corrected chi connectivity index (χ0v) is 12.7. The van der Waals surface area contributed by atoms with E-state index in [0.29, 0.717) is 5.92 Å². The average molecular weight is 278 g/mol. The molecule has 1 aliphatic heterocycles. The number of fused-ring (bicyclic) bond motifs is 2. The molecule has 1 unspecified atom stereocenters. The van der Waals surface area contributed by atoms with E-state index in [2.05, 4.69) is 74.7 Å². The highest BCUT2D eigenvalue weighted by Gasteiger charge is 2.24. The second-order valence-corrected chi connectivity index (χ2v) is 6.52. The van der Waals surface area contributed by atoms with E-state index in [-0.39, 0.29) is 5.92 Å². The molecule has 1 atom stereocenters.